The Hall–Kier alpha value is -2.70. The van der Waals surface area contributed by atoms with E-state index < -0.39 is 6.04 Å². The lowest BCUT2D eigenvalue weighted by Crippen LogP contribution is -2.36. The Balaban J connectivity index is 2.26. The fourth-order valence-corrected chi connectivity index (χ4v) is 3.08. The lowest BCUT2D eigenvalue weighted by molar-refractivity contribution is -0.126. The average Bonchev–Trinajstić information content (AvgIpc) is 2.68. The first-order valence-corrected chi connectivity index (χ1v) is 9.21. The SMILES string of the molecule is CNC(=O)C(NOC)c1cccc(C)c1CO/N=C(\C)c1cc(C)ccc1C. The van der Waals surface area contributed by atoms with E-state index in [1.165, 1.54) is 12.7 Å². The number of aryl methyl sites for hydroxylation is 3. The first-order valence-electron chi connectivity index (χ1n) is 9.21. The van der Waals surface area contributed by atoms with Crippen molar-refractivity contribution in [3.8, 4) is 0 Å². The zero-order chi connectivity index (χ0) is 20.7. The van der Waals surface area contributed by atoms with Gasteiger partial charge < -0.3 is 15.0 Å². The predicted octanol–water partition coefficient (Wildman–Crippen LogP) is 3.49. The molecule has 0 aliphatic rings. The second-order valence-electron chi connectivity index (χ2n) is 6.78. The largest absolute Gasteiger partial charge is 0.391 e. The van der Waals surface area contributed by atoms with Gasteiger partial charge in [0.15, 0.2) is 0 Å². The van der Waals surface area contributed by atoms with Crippen molar-refractivity contribution in [1.82, 2.24) is 10.8 Å². The van der Waals surface area contributed by atoms with Gasteiger partial charge in [-0.3, -0.25) is 4.79 Å². The van der Waals surface area contributed by atoms with Crippen molar-refractivity contribution in [2.24, 2.45) is 5.16 Å². The van der Waals surface area contributed by atoms with E-state index in [1.807, 2.05) is 32.0 Å². The van der Waals surface area contributed by atoms with Gasteiger partial charge >= 0.3 is 0 Å². The Bertz CT molecular complexity index is 862. The van der Waals surface area contributed by atoms with Gasteiger partial charge in [0.05, 0.1) is 12.8 Å². The highest BCUT2D eigenvalue weighted by Gasteiger charge is 2.23. The zero-order valence-electron chi connectivity index (χ0n) is 17.4. The minimum absolute atomic E-state index is 0.191. The lowest BCUT2D eigenvalue weighted by atomic mass is 9.96. The quantitative estimate of drug-likeness (QED) is 0.541. The van der Waals surface area contributed by atoms with Crippen LogP contribution in [0.1, 0.15) is 46.3 Å². The standard InChI is InChI=1S/C22H29N3O3/c1-14-10-11-16(3)19(12-14)17(4)24-28-13-20-15(2)8-7-9-18(20)21(25-27-6)22(26)23-5/h7-12,21,25H,13H2,1-6H3,(H,23,26)/b24-17+. The fraction of sp³-hybridized carbons (Fsp3) is 0.364. The molecule has 2 aromatic carbocycles. The Morgan fingerprint density at radius 2 is 1.89 bits per heavy atom. The Morgan fingerprint density at radius 3 is 2.57 bits per heavy atom. The van der Waals surface area contributed by atoms with Crippen LogP contribution in [0.25, 0.3) is 0 Å². The van der Waals surface area contributed by atoms with Gasteiger partial charge in [0.1, 0.15) is 12.6 Å². The van der Waals surface area contributed by atoms with Crippen LogP contribution < -0.4 is 10.8 Å². The first kappa shape index (κ1) is 21.6. The Labute approximate surface area is 166 Å². The molecular formula is C22H29N3O3. The van der Waals surface area contributed by atoms with E-state index in [4.69, 9.17) is 9.68 Å². The summed E-state index contributed by atoms with van der Waals surface area (Å²) < 4.78 is 0. The van der Waals surface area contributed by atoms with Crippen molar-refractivity contribution in [3.05, 3.63) is 69.8 Å². The second-order valence-corrected chi connectivity index (χ2v) is 6.78. The molecule has 0 spiro atoms. The molecule has 2 aromatic rings. The molecule has 0 bridgehead atoms. The van der Waals surface area contributed by atoms with Crippen molar-refractivity contribution in [1.29, 1.82) is 0 Å². The number of rotatable bonds is 8. The number of carbonyl (C=O) groups is 1. The van der Waals surface area contributed by atoms with Crippen LogP contribution in [0, 0.1) is 20.8 Å². The summed E-state index contributed by atoms with van der Waals surface area (Å²) in [6.45, 7) is 8.27. The highest BCUT2D eigenvalue weighted by molar-refractivity contribution is 5.99. The topological polar surface area (TPSA) is 72.0 Å². The van der Waals surface area contributed by atoms with Crippen molar-refractivity contribution in [2.75, 3.05) is 14.2 Å². The number of hydrogen-bond acceptors (Lipinski definition) is 5. The van der Waals surface area contributed by atoms with Crippen molar-refractivity contribution in [2.45, 2.75) is 40.3 Å². The summed E-state index contributed by atoms with van der Waals surface area (Å²) in [4.78, 5) is 23.0. The maximum absolute atomic E-state index is 12.3. The normalized spacial score (nSPS) is 12.6. The molecule has 0 saturated carbocycles. The van der Waals surface area contributed by atoms with Gasteiger partial charge in [0, 0.05) is 18.2 Å². The summed E-state index contributed by atoms with van der Waals surface area (Å²) >= 11 is 0. The van der Waals surface area contributed by atoms with Crippen LogP contribution in [0.5, 0.6) is 0 Å². The highest BCUT2D eigenvalue weighted by atomic mass is 16.6. The number of likely N-dealkylation sites (N-methyl/N-ethyl adjacent to an activating group) is 1. The van der Waals surface area contributed by atoms with E-state index in [0.29, 0.717) is 0 Å². The Morgan fingerprint density at radius 1 is 1.14 bits per heavy atom. The number of hydroxylamine groups is 1. The van der Waals surface area contributed by atoms with Crippen LogP contribution in [0.15, 0.2) is 41.6 Å². The van der Waals surface area contributed by atoms with E-state index in [2.05, 4.69) is 48.0 Å². The van der Waals surface area contributed by atoms with Gasteiger partial charge in [-0.15, -0.1) is 0 Å². The molecule has 0 fully saturated rings. The fourth-order valence-electron chi connectivity index (χ4n) is 3.08. The van der Waals surface area contributed by atoms with Crippen LogP contribution in [0.3, 0.4) is 0 Å². The van der Waals surface area contributed by atoms with Gasteiger partial charge in [-0.1, -0.05) is 41.1 Å². The molecule has 2 rings (SSSR count). The number of hydrogen-bond donors (Lipinski definition) is 2. The van der Waals surface area contributed by atoms with E-state index in [-0.39, 0.29) is 12.5 Å². The monoisotopic (exact) mass is 383 g/mol. The second kappa shape index (κ2) is 10.0. The minimum Gasteiger partial charge on any atom is -0.391 e. The van der Waals surface area contributed by atoms with Crippen molar-refractivity contribution >= 4 is 11.6 Å². The molecule has 28 heavy (non-hydrogen) atoms. The number of nitrogens with zero attached hydrogens (tertiary/aromatic N) is 1. The smallest absolute Gasteiger partial charge is 0.243 e. The molecule has 0 radical (unpaired) electrons. The summed E-state index contributed by atoms with van der Waals surface area (Å²) in [6, 6.07) is 11.4. The molecule has 0 heterocycles. The lowest BCUT2D eigenvalue weighted by Gasteiger charge is -2.20. The van der Waals surface area contributed by atoms with Gasteiger partial charge in [-0.25, -0.2) is 0 Å². The molecule has 6 heteroatoms. The first-order chi connectivity index (χ1) is 13.4. The molecule has 6 nitrogen and oxygen atoms in total. The molecular weight excluding hydrogens is 354 g/mol. The average molecular weight is 383 g/mol. The molecule has 1 unspecified atom stereocenters. The van der Waals surface area contributed by atoms with Crippen LogP contribution >= 0.6 is 0 Å². The Kier molecular flexibility index (Phi) is 7.72. The molecule has 0 saturated heterocycles. The van der Waals surface area contributed by atoms with Gasteiger partial charge in [0.2, 0.25) is 5.91 Å². The summed E-state index contributed by atoms with van der Waals surface area (Å²) in [5, 5.41) is 6.96. The number of amides is 1. The molecule has 0 aliphatic carbocycles. The van der Waals surface area contributed by atoms with Crippen molar-refractivity contribution in [3.63, 3.8) is 0 Å². The molecule has 0 aromatic heterocycles. The van der Waals surface area contributed by atoms with Gasteiger partial charge in [-0.2, -0.15) is 5.48 Å². The number of oxime groups is 1. The molecule has 1 atom stereocenters. The minimum atomic E-state index is -0.641. The van der Waals surface area contributed by atoms with Gasteiger partial charge in [-0.05, 0) is 50.5 Å². The third kappa shape index (κ3) is 5.18. The summed E-state index contributed by atoms with van der Waals surface area (Å²) in [5.74, 6) is -0.191. The summed E-state index contributed by atoms with van der Waals surface area (Å²) in [5.41, 5.74) is 9.67. The molecule has 0 aliphatic heterocycles. The van der Waals surface area contributed by atoms with E-state index in [9.17, 15) is 4.79 Å². The molecule has 1 amide bonds. The summed E-state index contributed by atoms with van der Waals surface area (Å²) in [6.07, 6.45) is 0. The van der Waals surface area contributed by atoms with Crippen LogP contribution in [0.2, 0.25) is 0 Å². The maximum Gasteiger partial charge on any atom is 0.243 e. The molecule has 2 N–H and O–H groups in total. The zero-order valence-corrected chi connectivity index (χ0v) is 17.4. The van der Waals surface area contributed by atoms with E-state index in [0.717, 1.165) is 33.5 Å². The highest BCUT2D eigenvalue weighted by Crippen LogP contribution is 2.23. The van der Waals surface area contributed by atoms with Gasteiger partial charge in [0.25, 0.3) is 0 Å². The summed E-state index contributed by atoms with van der Waals surface area (Å²) in [7, 11) is 3.08. The van der Waals surface area contributed by atoms with Crippen LogP contribution in [-0.4, -0.2) is 25.8 Å². The van der Waals surface area contributed by atoms with Crippen LogP contribution in [0.4, 0.5) is 0 Å². The van der Waals surface area contributed by atoms with E-state index >= 15 is 0 Å². The van der Waals surface area contributed by atoms with E-state index in [1.54, 1.807) is 7.05 Å². The van der Waals surface area contributed by atoms with Crippen LogP contribution in [-0.2, 0) is 21.1 Å². The molecule has 150 valence electrons. The number of nitrogens with one attached hydrogen (secondary N) is 2. The number of carbonyl (C=O) groups excluding carboxylic acids is 1. The maximum atomic E-state index is 12.3. The third-order valence-electron chi connectivity index (χ3n) is 4.70. The predicted molar refractivity (Wildman–Crippen MR) is 111 cm³/mol. The number of benzene rings is 2. The van der Waals surface area contributed by atoms with Crippen molar-refractivity contribution < 1.29 is 14.5 Å². The third-order valence-corrected chi connectivity index (χ3v) is 4.70.